The molecule has 0 aliphatic rings. The molecule has 0 N–H and O–H groups in total. The van der Waals surface area contributed by atoms with E-state index in [0.29, 0.717) is 0 Å². The predicted molar refractivity (Wildman–Crippen MR) is 74.1 cm³/mol. The number of rotatable bonds is 6. The van der Waals surface area contributed by atoms with Crippen LogP contribution in [0.4, 0.5) is 0 Å². The molecule has 0 amide bonds. The second-order valence-electron chi connectivity index (χ2n) is 3.87. The Hall–Kier alpha value is 0.470. The summed E-state index contributed by atoms with van der Waals surface area (Å²) in [5.74, 6) is 0. The van der Waals surface area contributed by atoms with Crippen molar-refractivity contribution in [2.75, 3.05) is 0 Å². The normalized spacial score (nSPS) is 13.1. The lowest BCUT2D eigenvalue weighted by Gasteiger charge is -2.06. The number of thiophene rings is 1. The molecule has 0 nitrogen and oxygen atoms in total. The highest BCUT2D eigenvalue weighted by Gasteiger charge is 2.11. The van der Waals surface area contributed by atoms with E-state index in [1.165, 1.54) is 39.9 Å². The molecule has 0 bridgehead atoms. The highest BCUT2D eigenvalue weighted by molar-refractivity contribution is 9.10. The first kappa shape index (κ1) is 13.5. The molecule has 0 aromatic carbocycles. The van der Waals surface area contributed by atoms with Gasteiger partial charge in [0.05, 0.1) is 5.38 Å². The molecule has 1 aromatic rings. The predicted octanol–water partition coefficient (Wildman–Crippen LogP) is 6.07. The van der Waals surface area contributed by atoms with Crippen LogP contribution in [-0.4, -0.2) is 0 Å². The Morgan fingerprint density at radius 2 is 2.13 bits per heavy atom. The summed E-state index contributed by atoms with van der Waals surface area (Å²) in [4.78, 5) is 2.63. The van der Waals surface area contributed by atoms with Gasteiger partial charge in [-0.2, -0.15) is 0 Å². The third kappa shape index (κ3) is 4.46. The maximum Gasteiger partial charge on any atom is 0.0679 e. The van der Waals surface area contributed by atoms with Gasteiger partial charge < -0.3 is 0 Å². The van der Waals surface area contributed by atoms with Gasteiger partial charge in [-0.1, -0.05) is 32.6 Å². The summed E-state index contributed by atoms with van der Waals surface area (Å²) in [6.07, 6.45) is 6.28. The fourth-order valence-corrected chi connectivity index (χ4v) is 3.45. The van der Waals surface area contributed by atoms with Crippen LogP contribution in [0.3, 0.4) is 0 Å². The zero-order valence-electron chi connectivity index (χ0n) is 9.35. The molecular formula is C12H18BrClS. The van der Waals surface area contributed by atoms with Gasteiger partial charge in [-0.3, -0.25) is 0 Å². The Morgan fingerprint density at radius 1 is 1.40 bits per heavy atom. The van der Waals surface area contributed by atoms with Crippen molar-refractivity contribution in [3.8, 4) is 0 Å². The fraction of sp³-hybridized carbons (Fsp3) is 0.667. The molecule has 3 heteroatoms. The maximum absolute atomic E-state index is 6.36. The average molecular weight is 310 g/mol. The Kier molecular flexibility index (Phi) is 6.25. The molecule has 1 unspecified atom stereocenters. The SMILES string of the molecule is CCCCCCC(Cl)c1cc(Br)c(C)s1. The van der Waals surface area contributed by atoms with E-state index in [1.807, 2.05) is 11.3 Å². The number of hydrogen-bond acceptors (Lipinski definition) is 1. The van der Waals surface area contributed by atoms with E-state index in [4.69, 9.17) is 11.6 Å². The molecule has 1 atom stereocenters. The van der Waals surface area contributed by atoms with Gasteiger partial charge in [0.15, 0.2) is 0 Å². The minimum Gasteiger partial charge on any atom is -0.143 e. The molecular weight excluding hydrogens is 292 g/mol. The van der Waals surface area contributed by atoms with Crippen LogP contribution < -0.4 is 0 Å². The number of unbranched alkanes of at least 4 members (excludes halogenated alkanes) is 3. The second kappa shape index (κ2) is 6.93. The Bertz CT molecular complexity index is 276. The first-order valence-electron chi connectivity index (χ1n) is 5.55. The number of alkyl halides is 1. The minimum atomic E-state index is 0.205. The molecule has 0 fully saturated rings. The van der Waals surface area contributed by atoms with Gasteiger partial charge in [-0.05, 0) is 35.3 Å². The molecule has 0 saturated heterocycles. The topological polar surface area (TPSA) is 0 Å². The van der Waals surface area contributed by atoms with E-state index < -0.39 is 0 Å². The van der Waals surface area contributed by atoms with E-state index in [0.717, 1.165) is 6.42 Å². The fourth-order valence-electron chi connectivity index (χ4n) is 1.53. The summed E-state index contributed by atoms with van der Waals surface area (Å²) >= 11 is 11.7. The van der Waals surface area contributed by atoms with Crippen molar-refractivity contribution in [1.29, 1.82) is 0 Å². The van der Waals surface area contributed by atoms with Crippen molar-refractivity contribution in [2.45, 2.75) is 51.3 Å². The van der Waals surface area contributed by atoms with E-state index in [1.54, 1.807) is 0 Å². The molecule has 1 heterocycles. The van der Waals surface area contributed by atoms with Crippen LogP contribution in [0.2, 0.25) is 0 Å². The lowest BCUT2D eigenvalue weighted by molar-refractivity contribution is 0.626. The van der Waals surface area contributed by atoms with E-state index in [9.17, 15) is 0 Å². The molecule has 15 heavy (non-hydrogen) atoms. The highest BCUT2D eigenvalue weighted by Crippen LogP contribution is 2.36. The van der Waals surface area contributed by atoms with Crippen molar-refractivity contribution in [3.63, 3.8) is 0 Å². The quantitative estimate of drug-likeness (QED) is 0.442. The van der Waals surface area contributed by atoms with Gasteiger partial charge in [-0.15, -0.1) is 22.9 Å². The lowest BCUT2D eigenvalue weighted by atomic mass is 10.1. The molecule has 86 valence electrons. The van der Waals surface area contributed by atoms with Crippen molar-refractivity contribution < 1.29 is 0 Å². The van der Waals surface area contributed by atoms with Crippen molar-refractivity contribution in [2.24, 2.45) is 0 Å². The highest BCUT2D eigenvalue weighted by atomic mass is 79.9. The summed E-state index contributed by atoms with van der Waals surface area (Å²) in [6, 6.07) is 2.16. The number of aryl methyl sites for hydroxylation is 1. The summed E-state index contributed by atoms with van der Waals surface area (Å²) in [7, 11) is 0. The maximum atomic E-state index is 6.36. The van der Waals surface area contributed by atoms with Gasteiger partial charge in [-0.25, -0.2) is 0 Å². The summed E-state index contributed by atoms with van der Waals surface area (Å²) in [5.41, 5.74) is 0. The Balaban J connectivity index is 2.36. The average Bonchev–Trinajstić information content (AvgIpc) is 2.54. The van der Waals surface area contributed by atoms with Gasteiger partial charge in [0.2, 0.25) is 0 Å². The van der Waals surface area contributed by atoms with Crippen molar-refractivity contribution >= 4 is 38.9 Å². The smallest absolute Gasteiger partial charge is 0.0679 e. The first-order chi connectivity index (χ1) is 7.15. The minimum absolute atomic E-state index is 0.205. The largest absolute Gasteiger partial charge is 0.143 e. The van der Waals surface area contributed by atoms with E-state index in [2.05, 4.69) is 35.8 Å². The van der Waals surface area contributed by atoms with Crippen LogP contribution in [0.15, 0.2) is 10.5 Å². The van der Waals surface area contributed by atoms with Crippen LogP contribution in [0.25, 0.3) is 0 Å². The first-order valence-corrected chi connectivity index (χ1v) is 7.59. The zero-order chi connectivity index (χ0) is 11.3. The molecule has 1 rings (SSSR count). The third-order valence-electron chi connectivity index (χ3n) is 2.50. The standard InChI is InChI=1S/C12H18BrClS/c1-3-4-5-6-7-11(14)12-8-10(13)9(2)15-12/h8,11H,3-7H2,1-2H3. The van der Waals surface area contributed by atoms with Crippen molar-refractivity contribution in [1.82, 2.24) is 0 Å². The molecule has 0 radical (unpaired) electrons. The van der Waals surface area contributed by atoms with Gasteiger partial charge >= 0.3 is 0 Å². The molecule has 0 saturated carbocycles. The molecule has 0 aliphatic carbocycles. The van der Waals surface area contributed by atoms with Crippen LogP contribution in [0.1, 0.15) is 54.2 Å². The number of hydrogen-bond donors (Lipinski definition) is 0. The zero-order valence-corrected chi connectivity index (χ0v) is 12.5. The Labute approximate surface area is 110 Å². The van der Waals surface area contributed by atoms with Crippen LogP contribution in [0.5, 0.6) is 0 Å². The molecule has 0 aliphatic heterocycles. The third-order valence-corrected chi connectivity index (χ3v) is 5.33. The molecule has 1 aromatic heterocycles. The Morgan fingerprint density at radius 3 is 2.67 bits per heavy atom. The monoisotopic (exact) mass is 308 g/mol. The summed E-state index contributed by atoms with van der Waals surface area (Å²) in [5, 5.41) is 0.205. The van der Waals surface area contributed by atoms with E-state index in [-0.39, 0.29) is 5.38 Å². The summed E-state index contributed by atoms with van der Waals surface area (Å²) in [6.45, 7) is 4.36. The summed E-state index contributed by atoms with van der Waals surface area (Å²) < 4.78 is 1.20. The number of halogens is 2. The second-order valence-corrected chi connectivity index (χ2v) is 6.54. The van der Waals surface area contributed by atoms with Gasteiger partial charge in [0, 0.05) is 14.2 Å². The van der Waals surface area contributed by atoms with Gasteiger partial charge in [0.1, 0.15) is 0 Å². The molecule has 0 spiro atoms. The van der Waals surface area contributed by atoms with Crippen LogP contribution >= 0.6 is 38.9 Å². The lowest BCUT2D eigenvalue weighted by Crippen LogP contribution is -1.87. The van der Waals surface area contributed by atoms with Gasteiger partial charge in [0.25, 0.3) is 0 Å². The van der Waals surface area contributed by atoms with E-state index >= 15 is 0 Å². The van der Waals surface area contributed by atoms with Crippen LogP contribution in [-0.2, 0) is 0 Å². The van der Waals surface area contributed by atoms with Crippen molar-refractivity contribution in [3.05, 3.63) is 20.3 Å². The van der Waals surface area contributed by atoms with Crippen LogP contribution in [0, 0.1) is 6.92 Å².